The molecule has 0 saturated carbocycles. The number of rotatable bonds is 5. The Bertz CT molecular complexity index is 863. The van der Waals surface area contributed by atoms with E-state index in [1.165, 1.54) is 5.56 Å². The number of amides is 1. The van der Waals surface area contributed by atoms with E-state index in [1.54, 1.807) is 0 Å². The van der Waals surface area contributed by atoms with Crippen LogP contribution in [0, 0.1) is 5.92 Å². The standard InChI is InChI=1S/C26H41N3O4Si/c1-26(2,3)32-25(30)28-15-13-22(14-16-28)27-24-23-12-11-21(17-29(23)34(4,5)33-24)19-31-18-20-9-7-6-8-10-20/h6-10,21-23H,11-19H2,1-5H3/t21-,23+/m1/s1. The van der Waals surface area contributed by atoms with Crippen molar-refractivity contribution >= 4 is 20.5 Å². The zero-order chi connectivity index (χ0) is 24.3. The van der Waals surface area contributed by atoms with Crippen molar-refractivity contribution in [3.63, 3.8) is 0 Å². The average Bonchev–Trinajstić information content (AvgIpc) is 3.03. The minimum Gasteiger partial charge on any atom is -0.519 e. The first kappa shape index (κ1) is 25.2. The van der Waals surface area contributed by atoms with Gasteiger partial charge in [0.1, 0.15) is 5.60 Å². The Hall–Kier alpha value is -1.90. The molecular formula is C26H41N3O4Si. The maximum Gasteiger partial charge on any atom is 0.410 e. The molecule has 0 N–H and O–H groups in total. The van der Waals surface area contributed by atoms with Crippen LogP contribution in [-0.2, 0) is 20.5 Å². The Morgan fingerprint density at radius 1 is 1.12 bits per heavy atom. The van der Waals surface area contributed by atoms with Gasteiger partial charge in [0.25, 0.3) is 0 Å². The molecule has 3 heterocycles. The smallest absolute Gasteiger partial charge is 0.410 e. The summed E-state index contributed by atoms with van der Waals surface area (Å²) in [6, 6.07) is 10.9. The summed E-state index contributed by atoms with van der Waals surface area (Å²) >= 11 is 0. The summed E-state index contributed by atoms with van der Waals surface area (Å²) in [7, 11) is -1.99. The summed E-state index contributed by atoms with van der Waals surface area (Å²) in [5.41, 5.74) is 0.763. The maximum atomic E-state index is 12.4. The molecule has 1 amide bonds. The van der Waals surface area contributed by atoms with Crippen LogP contribution < -0.4 is 0 Å². The summed E-state index contributed by atoms with van der Waals surface area (Å²) in [6.07, 6.45) is 3.71. The summed E-state index contributed by atoms with van der Waals surface area (Å²) in [4.78, 5) is 19.3. The Kier molecular flexibility index (Phi) is 7.69. The number of aliphatic imine (C=N–C) groups is 1. The molecule has 0 spiro atoms. The largest absolute Gasteiger partial charge is 0.519 e. The molecule has 3 saturated heterocycles. The SMILES string of the molecule is CC(C)(C)OC(=O)N1CCC(N=C2O[Si](C)(C)N3C[C@H](COCc4ccccc4)CC[C@@H]23)CC1. The highest BCUT2D eigenvalue weighted by atomic mass is 28.4. The lowest BCUT2D eigenvalue weighted by molar-refractivity contribution is 0.0207. The van der Waals surface area contributed by atoms with Gasteiger partial charge in [-0.1, -0.05) is 30.3 Å². The normalized spacial score (nSPS) is 26.9. The number of hydrogen-bond acceptors (Lipinski definition) is 6. The summed E-state index contributed by atoms with van der Waals surface area (Å²) in [6.45, 7) is 14.1. The van der Waals surface area contributed by atoms with E-state index in [1.807, 2.05) is 31.7 Å². The Labute approximate surface area is 205 Å². The fourth-order valence-corrected chi connectivity index (χ4v) is 7.64. The monoisotopic (exact) mass is 487 g/mol. The molecule has 0 unspecified atom stereocenters. The average molecular weight is 488 g/mol. The van der Waals surface area contributed by atoms with Crippen molar-refractivity contribution in [1.82, 2.24) is 9.47 Å². The van der Waals surface area contributed by atoms with Crippen LogP contribution in [0.15, 0.2) is 35.3 Å². The molecule has 188 valence electrons. The minimum atomic E-state index is -1.99. The highest BCUT2D eigenvalue weighted by Gasteiger charge is 2.51. The van der Waals surface area contributed by atoms with E-state index >= 15 is 0 Å². The van der Waals surface area contributed by atoms with E-state index in [4.69, 9.17) is 18.9 Å². The first-order chi connectivity index (χ1) is 16.1. The number of fused-ring (bicyclic) bond motifs is 1. The fourth-order valence-electron chi connectivity index (χ4n) is 5.13. The Morgan fingerprint density at radius 3 is 2.50 bits per heavy atom. The van der Waals surface area contributed by atoms with Crippen molar-refractivity contribution < 1.29 is 18.7 Å². The van der Waals surface area contributed by atoms with E-state index in [0.717, 1.165) is 44.7 Å². The van der Waals surface area contributed by atoms with E-state index < -0.39 is 14.1 Å². The Morgan fingerprint density at radius 2 is 1.82 bits per heavy atom. The number of carbonyl (C=O) groups excluding carboxylic acids is 1. The zero-order valence-corrected chi connectivity index (χ0v) is 22.5. The van der Waals surface area contributed by atoms with Crippen LogP contribution in [0.3, 0.4) is 0 Å². The molecule has 0 bridgehead atoms. The van der Waals surface area contributed by atoms with Gasteiger partial charge in [0, 0.05) is 19.6 Å². The van der Waals surface area contributed by atoms with Gasteiger partial charge in [0.05, 0.1) is 25.3 Å². The van der Waals surface area contributed by atoms with E-state index in [2.05, 4.69) is 41.9 Å². The van der Waals surface area contributed by atoms with E-state index in [9.17, 15) is 4.79 Å². The topological polar surface area (TPSA) is 63.6 Å². The van der Waals surface area contributed by atoms with Gasteiger partial charge in [-0.15, -0.1) is 0 Å². The lowest BCUT2D eigenvalue weighted by Crippen LogP contribution is -2.53. The number of piperidine rings is 2. The van der Waals surface area contributed by atoms with Gasteiger partial charge in [0.15, 0.2) is 5.90 Å². The molecule has 1 aromatic carbocycles. The molecule has 3 aliphatic rings. The van der Waals surface area contributed by atoms with Crippen LogP contribution in [-0.4, -0.2) is 73.9 Å². The number of likely N-dealkylation sites (tertiary alicyclic amines) is 1. The van der Waals surface area contributed by atoms with Crippen molar-refractivity contribution in [2.24, 2.45) is 10.9 Å². The van der Waals surface area contributed by atoms with Crippen molar-refractivity contribution in [2.75, 3.05) is 26.2 Å². The molecule has 0 radical (unpaired) electrons. The van der Waals surface area contributed by atoms with E-state index in [0.29, 0.717) is 31.7 Å². The van der Waals surface area contributed by atoms with E-state index in [-0.39, 0.29) is 12.1 Å². The molecular weight excluding hydrogens is 446 g/mol. The molecule has 4 rings (SSSR count). The van der Waals surface area contributed by atoms with Crippen LogP contribution in [0.5, 0.6) is 0 Å². The van der Waals surface area contributed by atoms with Crippen LogP contribution in [0.1, 0.15) is 52.0 Å². The second kappa shape index (κ2) is 10.4. The molecule has 0 aromatic heterocycles. The number of hydrogen-bond donors (Lipinski definition) is 0. The molecule has 3 fully saturated rings. The van der Waals surface area contributed by atoms with Crippen LogP contribution in [0.4, 0.5) is 4.79 Å². The molecule has 2 atom stereocenters. The molecule has 0 aliphatic carbocycles. The molecule has 34 heavy (non-hydrogen) atoms. The third-order valence-electron chi connectivity index (χ3n) is 6.90. The predicted molar refractivity (Wildman–Crippen MR) is 136 cm³/mol. The Balaban J connectivity index is 1.29. The fraction of sp³-hybridized carbons (Fsp3) is 0.692. The van der Waals surface area contributed by atoms with Crippen molar-refractivity contribution in [3.05, 3.63) is 35.9 Å². The van der Waals surface area contributed by atoms with Gasteiger partial charge in [-0.05, 0) is 71.0 Å². The maximum absolute atomic E-state index is 12.4. The van der Waals surface area contributed by atoms with Crippen LogP contribution in [0.2, 0.25) is 13.1 Å². The third kappa shape index (κ3) is 6.40. The van der Waals surface area contributed by atoms with Gasteiger partial charge < -0.3 is 18.8 Å². The number of nitrogens with zero attached hydrogens (tertiary/aromatic N) is 3. The second-order valence-electron chi connectivity index (χ2n) is 11.3. The van der Waals surface area contributed by atoms with Crippen molar-refractivity contribution in [3.8, 4) is 0 Å². The quantitative estimate of drug-likeness (QED) is 0.558. The lowest BCUT2D eigenvalue weighted by Gasteiger charge is -2.37. The van der Waals surface area contributed by atoms with Crippen molar-refractivity contribution in [1.29, 1.82) is 0 Å². The van der Waals surface area contributed by atoms with Gasteiger partial charge in [-0.3, -0.25) is 9.56 Å². The minimum absolute atomic E-state index is 0.213. The zero-order valence-electron chi connectivity index (χ0n) is 21.5. The molecule has 8 heteroatoms. The summed E-state index contributed by atoms with van der Waals surface area (Å²) in [5.74, 6) is 1.47. The van der Waals surface area contributed by atoms with Gasteiger partial charge in [-0.2, -0.15) is 0 Å². The predicted octanol–water partition coefficient (Wildman–Crippen LogP) is 4.81. The third-order valence-corrected chi connectivity index (χ3v) is 9.49. The number of benzene rings is 1. The van der Waals surface area contributed by atoms with Gasteiger partial charge in [0.2, 0.25) is 0 Å². The highest BCUT2D eigenvalue weighted by Crippen LogP contribution is 2.35. The van der Waals surface area contributed by atoms with Crippen molar-refractivity contribution in [2.45, 2.75) is 83.8 Å². The highest BCUT2D eigenvalue weighted by molar-refractivity contribution is 6.71. The number of carbonyl (C=O) groups is 1. The summed E-state index contributed by atoms with van der Waals surface area (Å²) < 4.78 is 20.7. The first-order valence-electron chi connectivity index (χ1n) is 12.7. The van der Waals surface area contributed by atoms with Crippen LogP contribution in [0.25, 0.3) is 0 Å². The van der Waals surface area contributed by atoms with Gasteiger partial charge in [-0.25, -0.2) is 4.79 Å². The first-order valence-corrected chi connectivity index (χ1v) is 15.6. The molecule has 1 aromatic rings. The molecule has 7 nitrogen and oxygen atoms in total. The lowest BCUT2D eigenvalue weighted by atomic mass is 9.95. The summed E-state index contributed by atoms with van der Waals surface area (Å²) in [5, 5.41) is 0. The van der Waals surface area contributed by atoms with Crippen LogP contribution >= 0.6 is 0 Å². The number of ether oxygens (including phenoxy) is 2. The molecule has 3 aliphatic heterocycles. The second-order valence-corrected chi connectivity index (χ2v) is 15.0. The van der Waals surface area contributed by atoms with Gasteiger partial charge >= 0.3 is 14.6 Å².